The lowest BCUT2D eigenvalue weighted by atomic mass is 10.1. The fourth-order valence-corrected chi connectivity index (χ4v) is 3.22. The summed E-state index contributed by atoms with van der Waals surface area (Å²) in [6.45, 7) is 3.71. The first-order valence-corrected chi connectivity index (χ1v) is 9.39. The van der Waals surface area contributed by atoms with Gasteiger partial charge in [-0.15, -0.1) is 0 Å². The van der Waals surface area contributed by atoms with Crippen molar-refractivity contribution in [1.29, 1.82) is 0 Å². The molecule has 10 heteroatoms. The van der Waals surface area contributed by atoms with E-state index in [4.69, 9.17) is 0 Å². The summed E-state index contributed by atoms with van der Waals surface area (Å²) in [5.41, 5.74) is 3.28. The van der Waals surface area contributed by atoms with Crippen LogP contribution in [-0.2, 0) is 11.3 Å². The van der Waals surface area contributed by atoms with Crippen LogP contribution in [0.1, 0.15) is 11.1 Å². The van der Waals surface area contributed by atoms with Crippen molar-refractivity contribution in [3.05, 3.63) is 86.6 Å². The van der Waals surface area contributed by atoms with Crippen LogP contribution < -0.4 is 10.9 Å². The molecule has 4 rings (SSSR count). The number of anilines is 1. The monoisotopic (exact) mass is 418 g/mol. The maximum Gasteiger partial charge on any atom is 0.269 e. The molecule has 0 aliphatic heterocycles. The van der Waals surface area contributed by atoms with E-state index in [2.05, 4.69) is 15.4 Å². The Bertz CT molecular complexity index is 1370. The Morgan fingerprint density at radius 2 is 1.90 bits per heavy atom. The molecular formula is C21H18N6O4. The van der Waals surface area contributed by atoms with Gasteiger partial charge in [-0.05, 0) is 43.2 Å². The fourth-order valence-electron chi connectivity index (χ4n) is 3.22. The van der Waals surface area contributed by atoms with E-state index in [0.717, 1.165) is 16.8 Å². The number of carbonyl (C=O) groups is 1. The summed E-state index contributed by atoms with van der Waals surface area (Å²) in [7, 11) is 0. The molecule has 2 aromatic carbocycles. The smallest absolute Gasteiger partial charge is 0.269 e. The summed E-state index contributed by atoms with van der Waals surface area (Å²) in [5, 5.41) is 17.9. The summed E-state index contributed by atoms with van der Waals surface area (Å²) < 4.78 is 2.80. The molecule has 0 aliphatic carbocycles. The van der Waals surface area contributed by atoms with Crippen molar-refractivity contribution in [2.24, 2.45) is 0 Å². The van der Waals surface area contributed by atoms with E-state index in [9.17, 15) is 19.7 Å². The number of carbonyl (C=O) groups excluding carboxylic acids is 1. The molecule has 0 bridgehead atoms. The van der Waals surface area contributed by atoms with Gasteiger partial charge in [0, 0.05) is 17.8 Å². The van der Waals surface area contributed by atoms with Crippen LogP contribution >= 0.6 is 0 Å². The van der Waals surface area contributed by atoms with E-state index < -0.39 is 10.8 Å². The first kappa shape index (κ1) is 20.0. The average Bonchev–Trinajstić information content (AvgIpc) is 3.17. The molecule has 0 spiro atoms. The third kappa shape index (κ3) is 3.78. The van der Waals surface area contributed by atoms with Gasteiger partial charge in [0.05, 0.1) is 16.8 Å². The number of non-ortho nitro benzene ring substituents is 1. The van der Waals surface area contributed by atoms with Gasteiger partial charge in [0.25, 0.3) is 11.2 Å². The Hall–Kier alpha value is -4.34. The van der Waals surface area contributed by atoms with E-state index >= 15 is 0 Å². The SMILES string of the molecule is Cc1cccc(-n2ncc3c(=O)n(CC(=O)Nc4ccc([N+](=O)[O-])cc4)cnc32)c1C. The largest absolute Gasteiger partial charge is 0.325 e. The van der Waals surface area contributed by atoms with Crippen molar-refractivity contribution in [3.63, 3.8) is 0 Å². The lowest BCUT2D eigenvalue weighted by molar-refractivity contribution is -0.384. The highest BCUT2D eigenvalue weighted by atomic mass is 16.6. The minimum Gasteiger partial charge on any atom is -0.325 e. The molecule has 1 N–H and O–H groups in total. The fraction of sp³-hybridized carbons (Fsp3) is 0.143. The highest BCUT2D eigenvalue weighted by molar-refractivity contribution is 5.90. The second-order valence-corrected chi connectivity index (χ2v) is 7.04. The second kappa shape index (κ2) is 7.82. The predicted molar refractivity (Wildman–Crippen MR) is 114 cm³/mol. The van der Waals surface area contributed by atoms with Crippen LogP contribution in [0.3, 0.4) is 0 Å². The van der Waals surface area contributed by atoms with Crippen molar-refractivity contribution >= 4 is 28.3 Å². The topological polar surface area (TPSA) is 125 Å². The number of rotatable bonds is 5. The van der Waals surface area contributed by atoms with Crippen LogP contribution in [-0.4, -0.2) is 30.2 Å². The molecule has 1 amide bonds. The normalized spacial score (nSPS) is 10.9. The Labute approximate surface area is 175 Å². The number of hydrogen-bond donors (Lipinski definition) is 1. The van der Waals surface area contributed by atoms with Crippen LogP contribution in [0.4, 0.5) is 11.4 Å². The lowest BCUT2D eigenvalue weighted by Crippen LogP contribution is -2.27. The van der Waals surface area contributed by atoms with Crippen molar-refractivity contribution in [1.82, 2.24) is 19.3 Å². The van der Waals surface area contributed by atoms with E-state index in [-0.39, 0.29) is 17.8 Å². The summed E-state index contributed by atoms with van der Waals surface area (Å²) >= 11 is 0. The van der Waals surface area contributed by atoms with Gasteiger partial charge in [0.2, 0.25) is 5.91 Å². The number of aromatic nitrogens is 4. The molecule has 0 atom stereocenters. The van der Waals surface area contributed by atoms with E-state index in [0.29, 0.717) is 16.7 Å². The molecule has 156 valence electrons. The number of benzene rings is 2. The van der Waals surface area contributed by atoms with Gasteiger partial charge in [-0.1, -0.05) is 12.1 Å². The molecule has 4 aromatic rings. The second-order valence-electron chi connectivity index (χ2n) is 7.04. The Kier molecular flexibility index (Phi) is 5.04. The van der Waals surface area contributed by atoms with Gasteiger partial charge >= 0.3 is 0 Å². The molecule has 0 saturated carbocycles. The number of nitro groups is 1. The molecule has 0 saturated heterocycles. The van der Waals surface area contributed by atoms with Crippen molar-refractivity contribution in [2.75, 3.05) is 5.32 Å². The third-order valence-corrected chi connectivity index (χ3v) is 5.03. The average molecular weight is 418 g/mol. The molecule has 10 nitrogen and oxygen atoms in total. The number of fused-ring (bicyclic) bond motifs is 1. The summed E-state index contributed by atoms with van der Waals surface area (Å²) in [4.78, 5) is 39.7. The molecule has 2 heterocycles. The van der Waals surface area contributed by atoms with Crippen LogP contribution in [0.2, 0.25) is 0 Å². The van der Waals surface area contributed by atoms with Gasteiger partial charge in [0.15, 0.2) is 5.65 Å². The summed E-state index contributed by atoms with van der Waals surface area (Å²) in [6, 6.07) is 11.2. The van der Waals surface area contributed by atoms with Crippen LogP contribution in [0.5, 0.6) is 0 Å². The van der Waals surface area contributed by atoms with Crippen molar-refractivity contribution < 1.29 is 9.72 Å². The lowest BCUT2D eigenvalue weighted by Gasteiger charge is -2.10. The van der Waals surface area contributed by atoms with Gasteiger partial charge in [-0.25, -0.2) is 9.67 Å². The quantitative estimate of drug-likeness (QED) is 0.392. The maximum absolute atomic E-state index is 12.8. The summed E-state index contributed by atoms with van der Waals surface area (Å²) in [6.07, 6.45) is 2.75. The zero-order valence-electron chi connectivity index (χ0n) is 16.8. The Morgan fingerprint density at radius 3 is 2.61 bits per heavy atom. The Morgan fingerprint density at radius 1 is 1.16 bits per heavy atom. The first-order valence-electron chi connectivity index (χ1n) is 9.39. The van der Waals surface area contributed by atoms with E-state index in [1.165, 1.54) is 41.4 Å². The van der Waals surface area contributed by atoms with E-state index in [1.807, 2.05) is 32.0 Å². The maximum atomic E-state index is 12.8. The molecule has 0 aliphatic rings. The number of nitrogens with zero attached hydrogens (tertiary/aromatic N) is 5. The molecule has 2 aromatic heterocycles. The molecule has 0 fully saturated rings. The van der Waals surface area contributed by atoms with Crippen LogP contribution in [0.15, 0.2) is 59.8 Å². The van der Waals surface area contributed by atoms with Gasteiger partial charge < -0.3 is 5.32 Å². The number of hydrogen-bond acceptors (Lipinski definition) is 6. The predicted octanol–water partition coefficient (Wildman–Crippen LogP) is 2.75. The zero-order valence-corrected chi connectivity index (χ0v) is 16.8. The highest BCUT2D eigenvalue weighted by Gasteiger charge is 2.15. The van der Waals surface area contributed by atoms with Gasteiger partial charge in [-0.2, -0.15) is 5.10 Å². The molecular weight excluding hydrogens is 400 g/mol. The standard InChI is InChI=1S/C21H18N6O4/c1-13-4-3-5-18(14(13)2)26-20-17(10-23-26)21(29)25(12-22-20)11-19(28)24-15-6-8-16(9-7-15)27(30)31/h3-10,12H,11H2,1-2H3,(H,24,28). The number of amides is 1. The first-order chi connectivity index (χ1) is 14.8. The molecule has 31 heavy (non-hydrogen) atoms. The molecule has 0 unspecified atom stereocenters. The minimum atomic E-state index is -0.523. The van der Waals surface area contributed by atoms with Crippen molar-refractivity contribution in [2.45, 2.75) is 20.4 Å². The Balaban J connectivity index is 1.59. The third-order valence-electron chi connectivity index (χ3n) is 5.03. The van der Waals surface area contributed by atoms with Crippen LogP contribution in [0.25, 0.3) is 16.7 Å². The number of nitro benzene ring substituents is 1. The zero-order chi connectivity index (χ0) is 22.1. The number of nitrogens with one attached hydrogen (secondary N) is 1. The van der Waals surface area contributed by atoms with Gasteiger partial charge in [0.1, 0.15) is 18.3 Å². The van der Waals surface area contributed by atoms with E-state index in [1.54, 1.807) is 4.68 Å². The van der Waals surface area contributed by atoms with Crippen molar-refractivity contribution in [3.8, 4) is 5.69 Å². The number of aryl methyl sites for hydroxylation is 1. The molecule has 0 radical (unpaired) electrons. The van der Waals surface area contributed by atoms with Crippen LogP contribution in [0, 0.1) is 24.0 Å². The highest BCUT2D eigenvalue weighted by Crippen LogP contribution is 2.20. The summed E-state index contributed by atoms with van der Waals surface area (Å²) in [5.74, 6) is -0.459. The minimum absolute atomic E-state index is 0.0790. The van der Waals surface area contributed by atoms with Gasteiger partial charge in [-0.3, -0.25) is 24.3 Å².